The van der Waals surface area contributed by atoms with Gasteiger partial charge in [-0.3, -0.25) is 4.79 Å². The second-order valence-electron chi connectivity index (χ2n) is 7.02. The fourth-order valence-electron chi connectivity index (χ4n) is 2.92. The predicted octanol–water partition coefficient (Wildman–Crippen LogP) is 3.03. The van der Waals surface area contributed by atoms with Crippen LogP contribution in [0.15, 0.2) is 24.3 Å². The molecule has 0 atom stereocenters. The molecule has 0 aliphatic carbocycles. The number of nitrogens with zero attached hydrogens (tertiary/aromatic N) is 1. The summed E-state index contributed by atoms with van der Waals surface area (Å²) in [5, 5.41) is 9.74. The highest BCUT2D eigenvalue weighted by Gasteiger charge is 2.42. The summed E-state index contributed by atoms with van der Waals surface area (Å²) in [6, 6.07) is 8.19. The van der Waals surface area contributed by atoms with Gasteiger partial charge in [-0.05, 0) is 49.5 Å². The Balaban J connectivity index is 2.34. The molecule has 0 aromatic heterocycles. The van der Waals surface area contributed by atoms with Crippen LogP contribution in [0, 0.1) is 0 Å². The van der Waals surface area contributed by atoms with E-state index in [1.54, 1.807) is 0 Å². The molecule has 2 rings (SSSR count). The number of aliphatic carboxylic acids is 1. The van der Waals surface area contributed by atoms with Gasteiger partial charge in [-0.15, -0.1) is 0 Å². The minimum Gasteiger partial charge on any atom is -0.481 e. The molecule has 0 bridgehead atoms. The Labute approximate surface area is 121 Å². The Morgan fingerprint density at radius 1 is 1.15 bits per heavy atom. The fraction of sp³-hybridized carbons (Fsp3) is 0.588. The summed E-state index contributed by atoms with van der Waals surface area (Å²) in [5.41, 5.74) is 1.59. The molecule has 0 spiro atoms. The average molecular weight is 275 g/mol. The molecule has 1 N–H and O–H groups in total. The first-order valence-corrected chi connectivity index (χ1v) is 7.29. The zero-order valence-corrected chi connectivity index (χ0v) is 12.9. The van der Waals surface area contributed by atoms with E-state index in [2.05, 4.69) is 44.9 Å². The van der Waals surface area contributed by atoms with Crippen molar-refractivity contribution in [3.8, 4) is 0 Å². The molecule has 3 heteroatoms. The number of rotatable bonds is 2. The summed E-state index contributed by atoms with van der Waals surface area (Å²) in [4.78, 5) is 14.0. The lowest BCUT2D eigenvalue weighted by molar-refractivity contribution is -0.145. The van der Waals surface area contributed by atoms with E-state index >= 15 is 0 Å². The van der Waals surface area contributed by atoms with E-state index in [9.17, 15) is 9.90 Å². The Morgan fingerprint density at radius 3 is 2.05 bits per heavy atom. The Hall–Kier alpha value is -1.35. The van der Waals surface area contributed by atoms with Crippen molar-refractivity contribution in [3.63, 3.8) is 0 Å². The molecule has 1 heterocycles. The number of piperidine rings is 1. The zero-order chi connectivity index (χ0) is 15.0. The highest BCUT2D eigenvalue weighted by Crippen LogP contribution is 2.36. The highest BCUT2D eigenvalue weighted by molar-refractivity contribution is 5.81. The summed E-state index contributed by atoms with van der Waals surface area (Å²) in [7, 11) is 2.05. The van der Waals surface area contributed by atoms with Gasteiger partial charge in [0, 0.05) is 0 Å². The summed E-state index contributed by atoms with van der Waals surface area (Å²) >= 11 is 0. The first-order valence-electron chi connectivity index (χ1n) is 7.29. The maximum Gasteiger partial charge on any atom is 0.314 e. The quantitative estimate of drug-likeness (QED) is 0.902. The molecule has 110 valence electrons. The minimum absolute atomic E-state index is 0.0989. The van der Waals surface area contributed by atoms with Crippen LogP contribution >= 0.6 is 0 Å². The van der Waals surface area contributed by atoms with E-state index in [-0.39, 0.29) is 5.41 Å². The molecular formula is C17H25NO2. The Kier molecular flexibility index (Phi) is 3.92. The van der Waals surface area contributed by atoms with Crippen LogP contribution in [0.5, 0.6) is 0 Å². The molecule has 0 radical (unpaired) electrons. The third kappa shape index (κ3) is 2.73. The van der Waals surface area contributed by atoms with Crippen molar-refractivity contribution in [1.29, 1.82) is 0 Å². The molecule has 1 aliphatic rings. The van der Waals surface area contributed by atoms with Crippen molar-refractivity contribution in [2.75, 3.05) is 20.1 Å². The highest BCUT2D eigenvalue weighted by atomic mass is 16.4. The van der Waals surface area contributed by atoms with Crippen LogP contribution in [0.2, 0.25) is 0 Å². The van der Waals surface area contributed by atoms with E-state index in [0.717, 1.165) is 18.7 Å². The monoisotopic (exact) mass is 275 g/mol. The van der Waals surface area contributed by atoms with Gasteiger partial charge < -0.3 is 10.0 Å². The second kappa shape index (κ2) is 5.21. The lowest BCUT2D eigenvalue weighted by atomic mass is 9.72. The molecule has 0 amide bonds. The summed E-state index contributed by atoms with van der Waals surface area (Å²) in [6.45, 7) is 8.19. The summed E-state index contributed by atoms with van der Waals surface area (Å²) in [5.74, 6) is -0.686. The lowest BCUT2D eigenvalue weighted by Gasteiger charge is -2.38. The van der Waals surface area contributed by atoms with Crippen LogP contribution in [-0.2, 0) is 15.6 Å². The van der Waals surface area contributed by atoms with Crippen LogP contribution in [0.4, 0.5) is 0 Å². The van der Waals surface area contributed by atoms with E-state index < -0.39 is 11.4 Å². The number of benzene rings is 1. The molecule has 20 heavy (non-hydrogen) atoms. The first kappa shape index (κ1) is 15.0. The van der Waals surface area contributed by atoms with Crippen molar-refractivity contribution >= 4 is 5.97 Å². The SMILES string of the molecule is CN1CCC(C(=O)O)(c2ccc(C(C)(C)C)cc2)CC1. The summed E-state index contributed by atoms with van der Waals surface area (Å²) < 4.78 is 0. The van der Waals surface area contributed by atoms with Gasteiger partial charge in [-0.1, -0.05) is 45.0 Å². The number of likely N-dealkylation sites (tertiary alicyclic amines) is 1. The fourth-order valence-corrected chi connectivity index (χ4v) is 2.92. The van der Waals surface area contributed by atoms with Crippen molar-refractivity contribution < 1.29 is 9.90 Å². The second-order valence-corrected chi connectivity index (χ2v) is 7.02. The van der Waals surface area contributed by atoms with Crippen LogP contribution < -0.4 is 0 Å². The van der Waals surface area contributed by atoms with Gasteiger partial charge in [0.2, 0.25) is 0 Å². The van der Waals surface area contributed by atoms with Gasteiger partial charge in [-0.2, -0.15) is 0 Å². The summed E-state index contributed by atoms with van der Waals surface area (Å²) in [6.07, 6.45) is 1.38. The molecule has 1 aromatic rings. The molecule has 3 nitrogen and oxygen atoms in total. The third-order valence-electron chi connectivity index (χ3n) is 4.55. The average Bonchev–Trinajstić information content (AvgIpc) is 2.39. The number of carboxylic acids is 1. The Bertz CT molecular complexity index is 477. The van der Waals surface area contributed by atoms with E-state index in [1.807, 2.05) is 12.1 Å². The van der Waals surface area contributed by atoms with E-state index in [1.165, 1.54) is 5.56 Å². The molecule has 1 saturated heterocycles. The predicted molar refractivity (Wildman–Crippen MR) is 81.2 cm³/mol. The lowest BCUT2D eigenvalue weighted by Crippen LogP contribution is -2.46. The maximum absolute atomic E-state index is 11.8. The maximum atomic E-state index is 11.8. The largest absolute Gasteiger partial charge is 0.481 e. The number of carboxylic acid groups (broad SMARTS) is 1. The van der Waals surface area contributed by atoms with Crippen molar-refractivity contribution in [1.82, 2.24) is 4.90 Å². The molecule has 1 aromatic carbocycles. The minimum atomic E-state index is -0.705. The van der Waals surface area contributed by atoms with Crippen LogP contribution in [0.25, 0.3) is 0 Å². The van der Waals surface area contributed by atoms with Gasteiger partial charge in [0.15, 0.2) is 0 Å². The van der Waals surface area contributed by atoms with E-state index in [4.69, 9.17) is 0 Å². The molecule has 0 saturated carbocycles. The van der Waals surface area contributed by atoms with E-state index in [0.29, 0.717) is 12.8 Å². The van der Waals surface area contributed by atoms with Crippen molar-refractivity contribution in [3.05, 3.63) is 35.4 Å². The first-order chi connectivity index (χ1) is 9.25. The standard InChI is InChI=1S/C17H25NO2/c1-16(2,3)13-5-7-14(8-6-13)17(15(19)20)9-11-18(4)12-10-17/h5-8H,9-12H2,1-4H3,(H,19,20). The van der Waals surface area contributed by atoms with Crippen LogP contribution in [0.3, 0.4) is 0 Å². The van der Waals surface area contributed by atoms with Gasteiger partial charge >= 0.3 is 5.97 Å². The molecule has 0 unspecified atom stereocenters. The van der Waals surface area contributed by atoms with Gasteiger partial charge in [-0.25, -0.2) is 0 Å². The van der Waals surface area contributed by atoms with Crippen molar-refractivity contribution in [2.24, 2.45) is 0 Å². The third-order valence-corrected chi connectivity index (χ3v) is 4.55. The molecular weight excluding hydrogens is 250 g/mol. The molecule has 1 fully saturated rings. The van der Waals surface area contributed by atoms with Gasteiger partial charge in [0.05, 0.1) is 5.41 Å². The number of hydrogen-bond donors (Lipinski definition) is 1. The number of carbonyl (C=O) groups is 1. The smallest absolute Gasteiger partial charge is 0.314 e. The normalized spacial score (nSPS) is 19.8. The number of hydrogen-bond acceptors (Lipinski definition) is 2. The van der Waals surface area contributed by atoms with Gasteiger partial charge in [0.25, 0.3) is 0 Å². The van der Waals surface area contributed by atoms with Crippen LogP contribution in [0.1, 0.15) is 44.7 Å². The molecule has 1 aliphatic heterocycles. The van der Waals surface area contributed by atoms with Crippen molar-refractivity contribution in [2.45, 2.75) is 44.4 Å². The topological polar surface area (TPSA) is 40.5 Å². The zero-order valence-electron chi connectivity index (χ0n) is 12.9. The Morgan fingerprint density at radius 2 is 1.65 bits per heavy atom. The van der Waals surface area contributed by atoms with Gasteiger partial charge in [0.1, 0.15) is 0 Å². The van der Waals surface area contributed by atoms with Crippen LogP contribution in [-0.4, -0.2) is 36.1 Å².